The van der Waals surface area contributed by atoms with E-state index in [1.807, 2.05) is 0 Å². The number of nitrogen functional groups attached to an aromatic ring is 1. The molecule has 0 aliphatic carbocycles. The molecule has 118 valence electrons. The van der Waals surface area contributed by atoms with Gasteiger partial charge < -0.3 is 5.73 Å². The van der Waals surface area contributed by atoms with Crippen LogP contribution in [0.2, 0.25) is 0 Å². The molecule has 0 saturated carbocycles. The summed E-state index contributed by atoms with van der Waals surface area (Å²) in [5, 5.41) is 0. The van der Waals surface area contributed by atoms with Crippen LogP contribution in [-0.2, 0) is 16.7 Å². The highest BCUT2D eigenvalue weighted by atomic mass is 32.2. The van der Waals surface area contributed by atoms with E-state index in [0.29, 0.717) is 17.7 Å². The van der Waals surface area contributed by atoms with Crippen LogP contribution in [0.15, 0.2) is 42.5 Å². The van der Waals surface area contributed by atoms with Crippen LogP contribution in [0, 0.1) is 0 Å². The molecule has 2 aromatic carbocycles. The molecule has 1 aliphatic heterocycles. The molecule has 0 fully saturated rings. The first-order valence-electron chi connectivity index (χ1n) is 6.62. The van der Waals surface area contributed by atoms with Crippen molar-refractivity contribution in [3.05, 3.63) is 64.7 Å². The molecule has 0 radical (unpaired) electrons. The van der Waals surface area contributed by atoms with Gasteiger partial charge in [0, 0.05) is 5.69 Å². The number of carbonyl (C=O) groups excluding carboxylic acids is 2. The number of carbonyl (C=O) groups is 2. The maximum Gasteiger partial charge on any atom is 0.369 e. The first kappa shape index (κ1) is 15.2. The van der Waals surface area contributed by atoms with E-state index in [1.54, 1.807) is 36.4 Å². The molecule has 8 heteroatoms. The van der Waals surface area contributed by atoms with Gasteiger partial charge in [0.15, 0.2) is 0 Å². The standard InChI is InChI=1S/C15H12N2O5S/c16-11-5-1-3-9(8-11)7-10-4-2-6-12-13(10)15(19)17(14(12)18)23(20,21)22/h1-6,8H,7,16H2,(H,20,21,22). The SMILES string of the molecule is Nc1cccc(Cc2cccc3c2C(=O)N(S(=O)(=O)O)C3=O)c1. The Morgan fingerprint density at radius 3 is 2.39 bits per heavy atom. The minimum Gasteiger partial charge on any atom is -0.399 e. The summed E-state index contributed by atoms with van der Waals surface area (Å²) < 4.78 is 31.5. The number of nitrogens with zero attached hydrogens (tertiary/aromatic N) is 1. The fourth-order valence-corrected chi connectivity index (χ4v) is 3.22. The maximum absolute atomic E-state index is 12.3. The molecule has 0 saturated heterocycles. The highest BCUT2D eigenvalue weighted by Crippen LogP contribution is 2.29. The van der Waals surface area contributed by atoms with Gasteiger partial charge in [-0.25, -0.2) is 0 Å². The summed E-state index contributed by atoms with van der Waals surface area (Å²) in [4.78, 5) is 24.3. The van der Waals surface area contributed by atoms with E-state index < -0.39 is 22.1 Å². The Kier molecular flexibility index (Phi) is 3.42. The van der Waals surface area contributed by atoms with E-state index in [4.69, 9.17) is 10.3 Å². The van der Waals surface area contributed by atoms with Gasteiger partial charge in [-0.3, -0.25) is 14.1 Å². The minimum atomic E-state index is -4.95. The lowest BCUT2D eigenvalue weighted by Gasteiger charge is -2.09. The van der Waals surface area contributed by atoms with Crippen LogP contribution in [-0.4, -0.2) is 29.1 Å². The highest BCUT2D eigenvalue weighted by Gasteiger charge is 2.43. The smallest absolute Gasteiger partial charge is 0.369 e. The van der Waals surface area contributed by atoms with Crippen LogP contribution in [0.4, 0.5) is 5.69 Å². The Hall–Kier alpha value is -2.71. The van der Waals surface area contributed by atoms with Crippen molar-refractivity contribution in [1.29, 1.82) is 0 Å². The first-order chi connectivity index (χ1) is 10.8. The highest BCUT2D eigenvalue weighted by molar-refractivity contribution is 7.84. The predicted octanol–water partition coefficient (Wildman–Crippen LogP) is 1.26. The Morgan fingerprint density at radius 2 is 1.74 bits per heavy atom. The summed E-state index contributed by atoms with van der Waals surface area (Å²) in [5.41, 5.74) is 7.49. The third-order valence-electron chi connectivity index (χ3n) is 3.54. The van der Waals surface area contributed by atoms with Gasteiger partial charge in [-0.1, -0.05) is 24.3 Å². The number of benzene rings is 2. The van der Waals surface area contributed by atoms with Crippen LogP contribution >= 0.6 is 0 Å². The van der Waals surface area contributed by atoms with Gasteiger partial charge in [0.05, 0.1) is 11.1 Å². The van der Waals surface area contributed by atoms with Crippen molar-refractivity contribution in [2.75, 3.05) is 5.73 Å². The summed E-state index contributed by atoms with van der Waals surface area (Å²) in [6.07, 6.45) is 0.298. The van der Waals surface area contributed by atoms with Crippen molar-refractivity contribution in [3.63, 3.8) is 0 Å². The van der Waals surface area contributed by atoms with Gasteiger partial charge in [-0.2, -0.15) is 8.42 Å². The third-order valence-corrected chi connectivity index (χ3v) is 4.33. The lowest BCUT2D eigenvalue weighted by molar-refractivity contribution is 0.0755. The van der Waals surface area contributed by atoms with E-state index in [0.717, 1.165) is 5.56 Å². The van der Waals surface area contributed by atoms with Crippen molar-refractivity contribution < 1.29 is 22.6 Å². The summed E-state index contributed by atoms with van der Waals surface area (Å²) in [7, 11) is -4.95. The molecule has 23 heavy (non-hydrogen) atoms. The second-order valence-corrected chi connectivity index (χ2v) is 6.37. The average molecular weight is 332 g/mol. The van der Waals surface area contributed by atoms with Crippen molar-refractivity contribution in [2.45, 2.75) is 6.42 Å². The molecule has 0 unspecified atom stereocenters. The van der Waals surface area contributed by atoms with Gasteiger partial charge >= 0.3 is 10.3 Å². The number of imide groups is 1. The number of nitrogens with two attached hydrogens (primary N) is 1. The zero-order valence-electron chi connectivity index (χ0n) is 11.8. The fourth-order valence-electron chi connectivity index (χ4n) is 2.61. The third kappa shape index (κ3) is 2.58. The van der Waals surface area contributed by atoms with Gasteiger partial charge in [-0.15, -0.1) is 4.31 Å². The quantitative estimate of drug-likeness (QED) is 0.496. The predicted molar refractivity (Wildman–Crippen MR) is 82.2 cm³/mol. The van der Waals surface area contributed by atoms with E-state index >= 15 is 0 Å². The Balaban J connectivity index is 2.09. The number of fused-ring (bicyclic) bond motifs is 1. The second kappa shape index (κ2) is 5.18. The normalized spacial score (nSPS) is 14.2. The number of hydrogen-bond donors (Lipinski definition) is 2. The van der Waals surface area contributed by atoms with E-state index in [1.165, 1.54) is 6.07 Å². The minimum absolute atomic E-state index is 0.0162. The first-order valence-corrected chi connectivity index (χ1v) is 8.01. The summed E-state index contributed by atoms with van der Waals surface area (Å²) in [6, 6.07) is 11.5. The molecule has 0 atom stereocenters. The van der Waals surface area contributed by atoms with E-state index in [-0.39, 0.29) is 15.4 Å². The van der Waals surface area contributed by atoms with Gasteiger partial charge in [-0.05, 0) is 35.7 Å². The van der Waals surface area contributed by atoms with Gasteiger partial charge in [0.1, 0.15) is 0 Å². The van der Waals surface area contributed by atoms with Crippen molar-refractivity contribution in [1.82, 2.24) is 4.31 Å². The largest absolute Gasteiger partial charge is 0.399 e. The average Bonchev–Trinajstić information content (AvgIpc) is 2.71. The lowest BCUT2D eigenvalue weighted by Crippen LogP contribution is -2.35. The van der Waals surface area contributed by atoms with Crippen LogP contribution in [0.3, 0.4) is 0 Å². The molecule has 0 bridgehead atoms. The molecular formula is C15H12N2O5S. The lowest BCUT2D eigenvalue weighted by atomic mass is 9.97. The molecule has 0 aromatic heterocycles. The maximum atomic E-state index is 12.3. The Morgan fingerprint density at radius 1 is 1.04 bits per heavy atom. The van der Waals surface area contributed by atoms with E-state index in [2.05, 4.69) is 0 Å². The molecule has 2 aromatic rings. The van der Waals surface area contributed by atoms with Crippen LogP contribution in [0.25, 0.3) is 0 Å². The molecule has 2 amide bonds. The number of hydrogen-bond acceptors (Lipinski definition) is 5. The zero-order chi connectivity index (χ0) is 16.8. The fraction of sp³-hybridized carbons (Fsp3) is 0.0667. The van der Waals surface area contributed by atoms with E-state index in [9.17, 15) is 18.0 Å². The summed E-state index contributed by atoms with van der Waals surface area (Å²) in [5.74, 6) is -2.10. The van der Waals surface area contributed by atoms with Gasteiger partial charge in [0.2, 0.25) is 0 Å². The number of anilines is 1. The van der Waals surface area contributed by atoms with Crippen LogP contribution in [0.1, 0.15) is 31.8 Å². The molecule has 7 nitrogen and oxygen atoms in total. The second-order valence-electron chi connectivity index (χ2n) is 5.11. The molecule has 1 aliphatic rings. The summed E-state index contributed by atoms with van der Waals surface area (Å²) in [6.45, 7) is 0. The van der Waals surface area contributed by atoms with Crippen molar-refractivity contribution in [2.24, 2.45) is 0 Å². The summed E-state index contributed by atoms with van der Waals surface area (Å²) >= 11 is 0. The monoisotopic (exact) mass is 332 g/mol. The Labute approximate surface area is 132 Å². The van der Waals surface area contributed by atoms with Crippen LogP contribution < -0.4 is 5.73 Å². The van der Waals surface area contributed by atoms with Crippen molar-refractivity contribution in [3.8, 4) is 0 Å². The number of rotatable bonds is 3. The molecule has 0 spiro atoms. The molecule has 1 heterocycles. The topological polar surface area (TPSA) is 118 Å². The Bertz CT molecular complexity index is 937. The van der Waals surface area contributed by atoms with Crippen molar-refractivity contribution >= 4 is 27.8 Å². The molecular weight excluding hydrogens is 320 g/mol. The zero-order valence-corrected chi connectivity index (χ0v) is 12.6. The van der Waals surface area contributed by atoms with Gasteiger partial charge in [0.25, 0.3) is 11.8 Å². The van der Waals surface area contributed by atoms with Crippen LogP contribution in [0.5, 0.6) is 0 Å². The number of amides is 2. The molecule has 3 rings (SSSR count). The molecule has 3 N–H and O–H groups in total.